The first-order chi connectivity index (χ1) is 41.0. The third kappa shape index (κ3) is 21.7. The van der Waals surface area contributed by atoms with Crippen molar-refractivity contribution in [1.82, 2.24) is 0 Å². The monoisotopic (exact) mass is 1420 g/mol. The van der Waals surface area contributed by atoms with Crippen molar-refractivity contribution in [3.63, 3.8) is 0 Å². The molecule has 22 heteroatoms. The normalized spacial score (nSPS) is 13.1. The van der Waals surface area contributed by atoms with Crippen LogP contribution in [0.15, 0.2) is 194 Å². The molecule has 0 spiro atoms. The van der Waals surface area contributed by atoms with Gasteiger partial charge in [0, 0.05) is 0 Å². The fourth-order valence-corrected chi connectivity index (χ4v) is 58.8. The van der Waals surface area contributed by atoms with Crippen LogP contribution in [0.25, 0.3) is 0 Å². The zero-order chi connectivity index (χ0) is 65.5. The summed E-state index contributed by atoms with van der Waals surface area (Å²) in [6.45, 7) is 54.6. The SMILES string of the molecule is C[SiH](C)O[Si](C)(C)c1ccc([Si](C)(C)O[SiH](C)C)cc1.C[SiH](C)O[Si](C)(C)c1ccc([Si](C)(C)O[SiH](C)C)cc1.C[SiH](C)O[Si](O[Si](C)(C)c1ccc([Si](C)(C)O[Si](O[SiH](C)C)(c2ccccc2)c2ccccc2)cc1)(c1ccccc1)c1ccccc1. The van der Waals surface area contributed by atoms with Crippen LogP contribution in [0.5, 0.6) is 0 Å². The summed E-state index contributed by atoms with van der Waals surface area (Å²) >= 11 is 0. The lowest BCUT2D eigenvalue weighted by Crippen LogP contribution is -2.71. The largest absolute Gasteiger partial charge is 0.455 e. The summed E-state index contributed by atoms with van der Waals surface area (Å²) in [7, 11) is -24.7. The molecule has 478 valence electrons. The van der Waals surface area contributed by atoms with Crippen LogP contribution in [0, 0.1) is 0 Å². The molecule has 0 radical (unpaired) electrons. The van der Waals surface area contributed by atoms with Gasteiger partial charge >= 0.3 is 17.1 Å². The Morgan fingerprint density at radius 3 is 0.477 bits per heavy atom. The third-order valence-corrected chi connectivity index (χ3v) is 59.7. The Balaban J connectivity index is 0.000000290. The molecule has 8 nitrogen and oxygen atoms in total. The second kappa shape index (κ2) is 32.9. The van der Waals surface area contributed by atoms with Crippen molar-refractivity contribution in [2.45, 2.75) is 157 Å². The Labute approximate surface area is 552 Å². The molecule has 0 unspecified atom stereocenters. The molecule has 0 atom stereocenters. The second-order valence-electron chi connectivity index (χ2n) is 27.7. The van der Waals surface area contributed by atoms with Gasteiger partial charge in [-0.1, -0.05) is 194 Å². The van der Waals surface area contributed by atoms with E-state index in [9.17, 15) is 0 Å². The van der Waals surface area contributed by atoms with E-state index in [2.05, 4.69) is 351 Å². The predicted octanol–water partition coefficient (Wildman–Crippen LogP) is 10.1. The summed E-state index contributed by atoms with van der Waals surface area (Å²) < 4.78 is 54.3. The van der Waals surface area contributed by atoms with Gasteiger partial charge in [0.15, 0.2) is 54.2 Å². The summed E-state index contributed by atoms with van der Waals surface area (Å²) in [5.41, 5.74) is 0. The number of benzene rings is 7. The smallest absolute Gasteiger partial charge is 0.386 e. The zero-order valence-corrected chi connectivity index (χ0v) is 73.1. The number of hydrogen-bond acceptors (Lipinski definition) is 8. The van der Waals surface area contributed by atoms with E-state index in [1.54, 1.807) is 0 Å². The summed E-state index contributed by atoms with van der Waals surface area (Å²) in [6, 6.07) is 69.9. The van der Waals surface area contributed by atoms with Gasteiger partial charge in [0.05, 0.1) is 0 Å². The summed E-state index contributed by atoms with van der Waals surface area (Å²) in [5.74, 6) is 0. The van der Waals surface area contributed by atoms with E-state index >= 15 is 0 Å². The van der Waals surface area contributed by atoms with Gasteiger partial charge in [0.1, 0.15) is 0 Å². The maximum Gasteiger partial charge on any atom is 0.386 e. The minimum Gasteiger partial charge on any atom is -0.455 e. The number of rotatable bonds is 26. The standard InChI is InChI=1S/C38H50O4Si6.2C14H30O2Si4/c1-43(2)39-47(35-21-13-9-14-22-35,36-23-15-10-16-24-36)41-45(5,6)33-29-31-34(32-30-33)46(7,8)42-48(40-44(3)4,37-25-17-11-18-26-37)38-27-19-12-20-28-38;2*1-17(2)15-19(5,6)13-9-11-14(12-10-13)20(7,8)16-18(3)4/h9-32,43-44H,1-8H3;2*9-12,17-18H,1-8H3. The van der Waals surface area contributed by atoms with Gasteiger partial charge in [-0.15, -0.1) is 0 Å². The van der Waals surface area contributed by atoms with Crippen molar-refractivity contribution < 1.29 is 32.9 Å². The predicted molar refractivity (Wildman–Crippen MR) is 420 cm³/mol. The van der Waals surface area contributed by atoms with Crippen LogP contribution in [0.1, 0.15) is 0 Å². The van der Waals surface area contributed by atoms with Gasteiger partial charge in [-0.2, -0.15) is 0 Å². The first kappa shape index (κ1) is 76.0. The fraction of sp³-hybridized carbons (Fsp3) is 0.364. The zero-order valence-electron chi connectivity index (χ0n) is 58.2. The van der Waals surface area contributed by atoms with Gasteiger partial charge in [0.25, 0.3) is 0 Å². The van der Waals surface area contributed by atoms with Crippen molar-refractivity contribution in [3.05, 3.63) is 194 Å². The van der Waals surface area contributed by atoms with Crippen LogP contribution in [0.2, 0.25) is 157 Å². The van der Waals surface area contributed by atoms with Gasteiger partial charge in [-0.05, 0) is 209 Å². The summed E-state index contributed by atoms with van der Waals surface area (Å²) in [6.07, 6.45) is 0. The van der Waals surface area contributed by atoms with Crippen molar-refractivity contribution in [3.8, 4) is 0 Å². The highest BCUT2D eigenvalue weighted by molar-refractivity contribution is 7.04. The van der Waals surface area contributed by atoms with E-state index in [-0.39, 0.29) is 0 Å². The van der Waals surface area contributed by atoms with Crippen molar-refractivity contribution in [2.75, 3.05) is 0 Å². The van der Waals surface area contributed by atoms with Crippen LogP contribution < -0.4 is 51.9 Å². The Hall–Kier alpha value is -2.74. The molecule has 0 heterocycles. The Morgan fingerprint density at radius 2 is 0.330 bits per heavy atom. The molecule has 0 aliphatic rings. The van der Waals surface area contributed by atoms with Crippen LogP contribution in [0.4, 0.5) is 0 Å². The molecule has 0 aromatic heterocycles. The molecule has 0 saturated heterocycles. The molecule has 7 rings (SSSR count). The molecule has 0 aliphatic carbocycles. The van der Waals surface area contributed by atoms with Crippen LogP contribution in [-0.2, 0) is 32.9 Å². The topological polar surface area (TPSA) is 73.8 Å². The first-order valence-corrected chi connectivity index (χ1v) is 69.8. The molecule has 0 amide bonds. The summed E-state index contributed by atoms with van der Waals surface area (Å²) in [5, 5.41) is 12.7. The van der Waals surface area contributed by atoms with Gasteiger partial charge in [-0.25, -0.2) is 0 Å². The van der Waals surface area contributed by atoms with E-state index in [1.165, 1.54) is 31.1 Å². The minimum absolute atomic E-state index is 0.979. The van der Waals surface area contributed by atoms with Crippen LogP contribution in [0.3, 0.4) is 0 Å². The van der Waals surface area contributed by atoms with E-state index in [1.807, 2.05) is 0 Å². The van der Waals surface area contributed by atoms with E-state index in [4.69, 9.17) is 32.9 Å². The highest BCUT2D eigenvalue weighted by Crippen LogP contribution is 2.22. The Bertz CT molecular complexity index is 2780. The van der Waals surface area contributed by atoms with E-state index < -0.39 is 121 Å². The first-order valence-electron chi connectivity index (χ1n) is 32.0. The van der Waals surface area contributed by atoms with E-state index in [0.717, 1.165) is 20.7 Å². The van der Waals surface area contributed by atoms with E-state index in [0.29, 0.717) is 0 Å². The number of hydrogen-bond donors (Lipinski definition) is 0. The van der Waals surface area contributed by atoms with Crippen molar-refractivity contribution in [2.24, 2.45) is 0 Å². The molecule has 88 heavy (non-hydrogen) atoms. The molecule has 0 aliphatic heterocycles. The maximum absolute atomic E-state index is 7.52. The lowest BCUT2D eigenvalue weighted by molar-refractivity contribution is 0.425. The maximum atomic E-state index is 7.52. The molecule has 0 fully saturated rings. The highest BCUT2D eigenvalue weighted by atomic mass is 28.5. The lowest BCUT2D eigenvalue weighted by atomic mass is 10.4. The highest BCUT2D eigenvalue weighted by Gasteiger charge is 2.50. The molecule has 7 aromatic rings. The average molecular weight is 1420 g/mol. The quantitative estimate of drug-likeness (QED) is 0.0497. The lowest BCUT2D eigenvalue weighted by Gasteiger charge is -2.41. The van der Waals surface area contributed by atoms with Crippen molar-refractivity contribution in [1.29, 1.82) is 0 Å². The Morgan fingerprint density at radius 1 is 0.182 bits per heavy atom. The van der Waals surface area contributed by atoms with Crippen LogP contribution >= 0.6 is 0 Å². The Kier molecular flexibility index (Phi) is 28.4. The molecule has 0 saturated carbocycles. The molecular weight excluding hydrogens is 1310 g/mol. The summed E-state index contributed by atoms with van der Waals surface area (Å²) in [4.78, 5) is 0. The van der Waals surface area contributed by atoms with Gasteiger partial charge in [-0.3, -0.25) is 0 Å². The fourth-order valence-electron chi connectivity index (χ4n) is 11.5. The van der Waals surface area contributed by atoms with Gasteiger partial charge < -0.3 is 32.9 Å². The minimum atomic E-state index is -3.00. The van der Waals surface area contributed by atoms with Crippen molar-refractivity contribution >= 4 is 173 Å². The second-order valence-corrected chi connectivity index (χ2v) is 73.9. The average Bonchev–Trinajstić information content (AvgIpc) is 0.987. The molecule has 0 N–H and O–H groups in total. The molecular formula is C66H110O8Si14. The third-order valence-electron chi connectivity index (χ3n) is 15.2. The molecule has 7 aromatic carbocycles. The van der Waals surface area contributed by atoms with Gasteiger partial charge in [0.2, 0.25) is 49.9 Å². The molecule has 0 bridgehead atoms. The van der Waals surface area contributed by atoms with Crippen LogP contribution in [-0.4, -0.2) is 121 Å².